The quantitative estimate of drug-likeness (QED) is 0.687. The van der Waals surface area contributed by atoms with Gasteiger partial charge in [0.2, 0.25) is 4.77 Å². The van der Waals surface area contributed by atoms with Crippen LogP contribution in [0.4, 0.5) is 0 Å². The van der Waals surface area contributed by atoms with Crippen LogP contribution in [0.5, 0.6) is 0 Å². The molecular weight excluding hydrogens is 158 g/mol. The number of H-pyrrole nitrogens is 1. The molecule has 0 aliphatic carbocycles. The first kappa shape index (κ1) is 8.46. The molecule has 0 atom stereocenters. The number of aryl methyl sites for hydroxylation is 1. The van der Waals surface area contributed by atoms with Crippen molar-refractivity contribution in [3.63, 3.8) is 0 Å². The van der Waals surface area contributed by atoms with Gasteiger partial charge in [0.15, 0.2) is 0 Å². The van der Waals surface area contributed by atoms with Crippen molar-refractivity contribution in [2.24, 2.45) is 13.0 Å². The second-order valence-electron chi connectivity index (χ2n) is 3.11. The average molecular weight is 171 g/mol. The van der Waals surface area contributed by atoms with Crippen LogP contribution in [0, 0.1) is 10.7 Å². The summed E-state index contributed by atoms with van der Waals surface area (Å²) in [5.74, 6) is 1.60. The smallest absolute Gasteiger partial charge is 0.215 e. The maximum Gasteiger partial charge on any atom is 0.215 e. The van der Waals surface area contributed by atoms with Crippen molar-refractivity contribution in [2.75, 3.05) is 0 Å². The van der Waals surface area contributed by atoms with Crippen molar-refractivity contribution in [3.8, 4) is 0 Å². The molecule has 0 amide bonds. The van der Waals surface area contributed by atoms with E-state index in [0.717, 1.165) is 12.2 Å². The van der Waals surface area contributed by atoms with Crippen LogP contribution in [0.15, 0.2) is 0 Å². The number of aromatic nitrogens is 3. The van der Waals surface area contributed by atoms with Crippen LogP contribution in [0.25, 0.3) is 0 Å². The van der Waals surface area contributed by atoms with Crippen LogP contribution < -0.4 is 0 Å². The van der Waals surface area contributed by atoms with E-state index in [2.05, 4.69) is 23.9 Å². The molecule has 11 heavy (non-hydrogen) atoms. The normalized spacial score (nSPS) is 10.9. The summed E-state index contributed by atoms with van der Waals surface area (Å²) in [4.78, 5) is 4.17. The van der Waals surface area contributed by atoms with Crippen LogP contribution in [-0.4, -0.2) is 14.8 Å². The van der Waals surface area contributed by atoms with Crippen LogP contribution >= 0.6 is 12.2 Å². The lowest BCUT2D eigenvalue weighted by molar-refractivity contribution is 0.612. The van der Waals surface area contributed by atoms with Gasteiger partial charge in [-0.2, -0.15) is 0 Å². The molecule has 0 saturated carbocycles. The van der Waals surface area contributed by atoms with Gasteiger partial charge >= 0.3 is 0 Å². The predicted octanol–water partition coefficient (Wildman–Crippen LogP) is 1.68. The number of nitrogens with one attached hydrogen (secondary N) is 1. The number of hydrogen-bond acceptors (Lipinski definition) is 2. The molecule has 0 aliphatic heterocycles. The minimum absolute atomic E-state index is 0.621. The topological polar surface area (TPSA) is 33.6 Å². The Bertz CT molecular complexity index is 284. The van der Waals surface area contributed by atoms with Gasteiger partial charge in [-0.3, -0.25) is 9.78 Å². The van der Waals surface area contributed by atoms with Crippen molar-refractivity contribution in [3.05, 3.63) is 10.6 Å². The van der Waals surface area contributed by atoms with E-state index in [1.54, 1.807) is 4.68 Å². The minimum atomic E-state index is 0.621. The molecule has 0 fully saturated rings. The Kier molecular flexibility index (Phi) is 2.44. The molecule has 0 aromatic carbocycles. The van der Waals surface area contributed by atoms with Gasteiger partial charge in [0.05, 0.1) is 0 Å². The third-order valence-corrected chi connectivity index (χ3v) is 1.78. The molecule has 0 aliphatic rings. The summed E-state index contributed by atoms with van der Waals surface area (Å²) in [6.07, 6.45) is 0.963. The summed E-state index contributed by atoms with van der Waals surface area (Å²) < 4.78 is 2.38. The zero-order chi connectivity index (χ0) is 8.43. The van der Waals surface area contributed by atoms with Gasteiger partial charge in [-0.1, -0.05) is 13.8 Å². The second kappa shape index (κ2) is 3.17. The van der Waals surface area contributed by atoms with Gasteiger partial charge in [0.1, 0.15) is 5.82 Å². The molecule has 1 rings (SSSR count). The van der Waals surface area contributed by atoms with E-state index in [1.165, 1.54) is 0 Å². The van der Waals surface area contributed by atoms with E-state index in [4.69, 9.17) is 12.2 Å². The van der Waals surface area contributed by atoms with Gasteiger partial charge in [0.25, 0.3) is 0 Å². The summed E-state index contributed by atoms with van der Waals surface area (Å²) in [6.45, 7) is 4.32. The Morgan fingerprint density at radius 3 is 2.64 bits per heavy atom. The fourth-order valence-corrected chi connectivity index (χ4v) is 1.09. The zero-order valence-electron chi connectivity index (χ0n) is 7.09. The predicted molar refractivity (Wildman–Crippen MR) is 46.9 cm³/mol. The fourth-order valence-electron chi connectivity index (χ4n) is 0.935. The van der Waals surface area contributed by atoms with Crippen molar-refractivity contribution in [1.29, 1.82) is 0 Å². The maximum atomic E-state index is 4.95. The highest BCUT2D eigenvalue weighted by Gasteiger charge is 2.01. The van der Waals surface area contributed by atoms with Crippen LogP contribution in [0.3, 0.4) is 0 Å². The zero-order valence-corrected chi connectivity index (χ0v) is 7.90. The average Bonchev–Trinajstić information content (AvgIpc) is 2.10. The van der Waals surface area contributed by atoms with Crippen LogP contribution in [0.2, 0.25) is 0 Å². The van der Waals surface area contributed by atoms with Gasteiger partial charge < -0.3 is 0 Å². The molecule has 1 heterocycles. The molecule has 62 valence electrons. The standard InChI is InChI=1S/C7H13N3S/c1-5(2)4-6-8-7(11)10(3)9-6/h5H,4H2,1-3H3,(H,8,9,11). The highest BCUT2D eigenvalue weighted by Crippen LogP contribution is 2.01. The summed E-state index contributed by atoms with van der Waals surface area (Å²) in [5, 5.41) is 3.08. The first-order chi connectivity index (χ1) is 5.09. The fraction of sp³-hybridized carbons (Fsp3) is 0.714. The number of rotatable bonds is 2. The Morgan fingerprint density at radius 2 is 2.27 bits per heavy atom. The minimum Gasteiger partial charge on any atom is -0.283 e. The SMILES string of the molecule is CC(C)Cc1nc(=S)n(C)[nH]1. The molecular formula is C7H13N3S. The van der Waals surface area contributed by atoms with E-state index in [-0.39, 0.29) is 0 Å². The Labute approximate surface area is 71.4 Å². The molecule has 1 aromatic rings. The van der Waals surface area contributed by atoms with Crippen molar-refractivity contribution in [1.82, 2.24) is 14.8 Å². The third kappa shape index (κ3) is 2.15. The van der Waals surface area contributed by atoms with Gasteiger partial charge in [-0.15, -0.1) is 0 Å². The second-order valence-corrected chi connectivity index (χ2v) is 3.48. The van der Waals surface area contributed by atoms with Crippen LogP contribution in [-0.2, 0) is 13.5 Å². The van der Waals surface area contributed by atoms with E-state index in [9.17, 15) is 0 Å². The molecule has 4 heteroatoms. The summed E-state index contributed by atoms with van der Waals surface area (Å²) >= 11 is 4.95. The molecule has 0 unspecified atom stereocenters. The van der Waals surface area contributed by atoms with Gasteiger partial charge in [-0.25, -0.2) is 4.98 Å². The third-order valence-electron chi connectivity index (χ3n) is 1.42. The van der Waals surface area contributed by atoms with E-state index in [1.807, 2.05) is 7.05 Å². The lowest BCUT2D eigenvalue weighted by Crippen LogP contribution is -1.97. The maximum absolute atomic E-state index is 4.95. The first-order valence-electron chi connectivity index (χ1n) is 3.71. The highest BCUT2D eigenvalue weighted by atomic mass is 32.1. The van der Waals surface area contributed by atoms with Gasteiger partial charge in [-0.05, 0) is 18.1 Å². The van der Waals surface area contributed by atoms with Crippen molar-refractivity contribution < 1.29 is 0 Å². The lowest BCUT2D eigenvalue weighted by atomic mass is 10.1. The molecule has 3 nitrogen and oxygen atoms in total. The lowest BCUT2D eigenvalue weighted by Gasteiger charge is -1.98. The molecule has 0 bridgehead atoms. The summed E-state index contributed by atoms with van der Waals surface area (Å²) in [6, 6.07) is 0. The Hall–Kier alpha value is -0.640. The van der Waals surface area contributed by atoms with E-state index >= 15 is 0 Å². The number of hydrogen-bond donors (Lipinski definition) is 1. The molecule has 0 spiro atoms. The largest absolute Gasteiger partial charge is 0.283 e. The highest BCUT2D eigenvalue weighted by molar-refractivity contribution is 7.71. The van der Waals surface area contributed by atoms with Crippen molar-refractivity contribution in [2.45, 2.75) is 20.3 Å². The summed E-state index contributed by atoms with van der Waals surface area (Å²) in [7, 11) is 1.87. The number of aromatic amines is 1. The molecule has 0 radical (unpaired) electrons. The Morgan fingerprint density at radius 1 is 1.64 bits per heavy atom. The monoisotopic (exact) mass is 171 g/mol. The van der Waals surface area contributed by atoms with E-state index < -0.39 is 0 Å². The Balaban J connectivity index is 2.81. The van der Waals surface area contributed by atoms with E-state index in [0.29, 0.717) is 10.7 Å². The molecule has 1 aromatic heterocycles. The molecule has 1 N–H and O–H groups in total. The number of nitrogens with zero attached hydrogens (tertiary/aromatic N) is 2. The first-order valence-corrected chi connectivity index (χ1v) is 4.12. The summed E-state index contributed by atoms with van der Waals surface area (Å²) in [5.41, 5.74) is 0. The van der Waals surface area contributed by atoms with Crippen molar-refractivity contribution >= 4 is 12.2 Å². The molecule has 0 saturated heterocycles. The van der Waals surface area contributed by atoms with Gasteiger partial charge in [0, 0.05) is 13.5 Å². The van der Waals surface area contributed by atoms with Crippen LogP contribution in [0.1, 0.15) is 19.7 Å².